The minimum atomic E-state index is -1.00. The highest BCUT2D eigenvalue weighted by atomic mass is 16.5. The van der Waals surface area contributed by atoms with Gasteiger partial charge in [0.1, 0.15) is 24.4 Å². The van der Waals surface area contributed by atoms with Gasteiger partial charge in [0.05, 0.1) is 5.56 Å². The average molecular weight is 246 g/mol. The van der Waals surface area contributed by atoms with Crippen LogP contribution in [0.2, 0.25) is 0 Å². The lowest BCUT2D eigenvalue weighted by atomic mass is 10.1. The van der Waals surface area contributed by atoms with Crippen LogP contribution in [0.25, 0.3) is 0 Å². The van der Waals surface area contributed by atoms with Crippen molar-refractivity contribution in [1.82, 2.24) is 0 Å². The van der Waals surface area contributed by atoms with E-state index in [0.29, 0.717) is 5.76 Å². The number of carbonyl (C=O) groups is 1. The molecule has 4 heteroatoms. The van der Waals surface area contributed by atoms with Gasteiger partial charge in [-0.2, -0.15) is 0 Å². The molecule has 0 unspecified atom stereocenters. The Bertz CT molecular complexity index is 569. The molecule has 2 rings (SSSR count). The molecule has 0 fully saturated rings. The monoisotopic (exact) mass is 246 g/mol. The van der Waals surface area contributed by atoms with Gasteiger partial charge in [-0.15, -0.1) is 0 Å². The summed E-state index contributed by atoms with van der Waals surface area (Å²) in [6, 6.07) is 7.35. The molecule has 0 aliphatic carbocycles. The predicted molar refractivity (Wildman–Crippen MR) is 65.9 cm³/mol. The number of hydrogen-bond acceptors (Lipinski definition) is 3. The number of hydrogen-bond donors (Lipinski definition) is 1. The summed E-state index contributed by atoms with van der Waals surface area (Å²) in [5.41, 5.74) is 2.35. The van der Waals surface area contributed by atoms with Gasteiger partial charge in [-0.1, -0.05) is 17.7 Å². The largest absolute Gasteiger partial charge is 0.485 e. The van der Waals surface area contributed by atoms with Crippen molar-refractivity contribution in [2.45, 2.75) is 20.5 Å². The van der Waals surface area contributed by atoms with Crippen LogP contribution in [0.1, 0.15) is 27.2 Å². The Hall–Kier alpha value is -2.23. The molecule has 0 atom stereocenters. The molecule has 18 heavy (non-hydrogen) atoms. The van der Waals surface area contributed by atoms with E-state index in [1.54, 1.807) is 0 Å². The number of carboxylic acid groups (broad SMARTS) is 1. The topological polar surface area (TPSA) is 59.7 Å². The third-order valence-corrected chi connectivity index (χ3v) is 2.60. The lowest BCUT2D eigenvalue weighted by molar-refractivity contribution is 0.0696. The maximum absolute atomic E-state index is 10.7. The Labute approximate surface area is 105 Å². The van der Waals surface area contributed by atoms with Gasteiger partial charge in [-0.05, 0) is 31.5 Å². The number of aromatic carboxylic acids is 1. The molecule has 1 aromatic heterocycles. The highest BCUT2D eigenvalue weighted by Gasteiger charge is 2.09. The predicted octanol–water partition coefficient (Wildman–Crippen LogP) is 3.17. The van der Waals surface area contributed by atoms with Crippen LogP contribution >= 0.6 is 0 Å². The first-order chi connectivity index (χ1) is 8.56. The zero-order valence-electron chi connectivity index (χ0n) is 10.3. The van der Waals surface area contributed by atoms with E-state index in [1.807, 2.05) is 32.0 Å². The highest BCUT2D eigenvalue weighted by Crippen LogP contribution is 2.20. The summed E-state index contributed by atoms with van der Waals surface area (Å²) in [5.74, 6) is 0.262. The number of rotatable bonds is 4. The maximum atomic E-state index is 10.7. The molecule has 1 N–H and O–H groups in total. The third kappa shape index (κ3) is 2.71. The molecule has 0 aliphatic rings. The molecule has 0 bridgehead atoms. The lowest BCUT2D eigenvalue weighted by Crippen LogP contribution is -1.96. The second-order valence-corrected chi connectivity index (χ2v) is 4.16. The molecule has 1 aromatic carbocycles. The summed E-state index contributed by atoms with van der Waals surface area (Å²) in [7, 11) is 0. The zero-order chi connectivity index (χ0) is 13.1. The maximum Gasteiger partial charge on any atom is 0.338 e. The van der Waals surface area contributed by atoms with E-state index in [2.05, 4.69) is 0 Å². The third-order valence-electron chi connectivity index (χ3n) is 2.60. The van der Waals surface area contributed by atoms with Crippen LogP contribution in [0.3, 0.4) is 0 Å². The van der Waals surface area contributed by atoms with Gasteiger partial charge in [0.2, 0.25) is 0 Å². The Morgan fingerprint density at radius 3 is 2.72 bits per heavy atom. The molecule has 4 nitrogen and oxygen atoms in total. The molecule has 94 valence electrons. The summed E-state index contributed by atoms with van der Waals surface area (Å²) in [4.78, 5) is 10.7. The number of benzene rings is 1. The molecule has 0 aliphatic heterocycles. The SMILES string of the molecule is Cc1ccc(OCc2cc(C(=O)O)co2)c(C)c1. The molecular formula is C14H14O4. The van der Waals surface area contributed by atoms with E-state index < -0.39 is 5.97 Å². The molecule has 0 amide bonds. The molecule has 2 aromatic rings. The van der Waals surface area contributed by atoms with Crippen LogP contribution in [-0.4, -0.2) is 11.1 Å². The zero-order valence-corrected chi connectivity index (χ0v) is 10.3. The van der Waals surface area contributed by atoms with Crippen molar-refractivity contribution in [3.8, 4) is 5.75 Å². The number of ether oxygens (including phenoxy) is 1. The molecule has 1 heterocycles. The van der Waals surface area contributed by atoms with Gasteiger partial charge in [0.15, 0.2) is 0 Å². The van der Waals surface area contributed by atoms with Crippen molar-refractivity contribution in [3.05, 3.63) is 53.0 Å². The molecular weight excluding hydrogens is 232 g/mol. The van der Waals surface area contributed by atoms with Gasteiger partial charge in [-0.25, -0.2) is 4.79 Å². The van der Waals surface area contributed by atoms with E-state index >= 15 is 0 Å². The second-order valence-electron chi connectivity index (χ2n) is 4.16. The summed E-state index contributed by atoms with van der Waals surface area (Å²) in [5, 5.41) is 8.76. The van der Waals surface area contributed by atoms with Crippen molar-refractivity contribution < 1.29 is 19.1 Å². The molecule has 0 spiro atoms. The quantitative estimate of drug-likeness (QED) is 0.900. The fourth-order valence-corrected chi connectivity index (χ4v) is 1.68. The minimum Gasteiger partial charge on any atom is -0.485 e. The number of furan rings is 1. The van der Waals surface area contributed by atoms with E-state index in [-0.39, 0.29) is 12.2 Å². The van der Waals surface area contributed by atoms with Crippen molar-refractivity contribution in [1.29, 1.82) is 0 Å². The fourth-order valence-electron chi connectivity index (χ4n) is 1.68. The normalized spacial score (nSPS) is 10.3. The smallest absolute Gasteiger partial charge is 0.338 e. The summed E-state index contributed by atoms with van der Waals surface area (Å²) in [6.07, 6.45) is 1.21. The Morgan fingerprint density at radius 2 is 2.11 bits per heavy atom. The average Bonchev–Trinajstić information content (AvgIpc) is 2.76. The van der Waals surface area contributed by atoms with Crippen LogP contribution in [0.5, 0.6) is 5.75 Å². The van der Waals surface area contributed by atoms with Gasteiger partial charge in [0, 0.05) is 0 Å². The van der Waals surface area contributed by atoms with Crippen LogP contribution in [0.15, 0.2) is 34.9 Å². The van der Waals surface area contributed by atoms with Crippen molar-refractivity contribution in [2.24, 2.45) is 0 Å². The number of aryl methyl sites for hydroxylation is 2. The van der Waals surface area contributed by atoms with E-state index in [1.165, 1.54) is 17.9 Å². The van der Waals surface area contributed by atoms with E-state index in [9.17, 15) is 4.79 Å². The van der Waals surface area contributed by atoms with Crippen LogP contribution in [-0.2, 0) is 6.61 Å². The van der Waals surface area contributed by atoms with Gasteiger partial charge in [-0.3, -0.25) is 0 Å². The standard InChI is InChI=1S/C14H14O4/c1-9-3-4-13(10(2)5-9)18-8-12-6-11(7-17-12)14(15)16/h3-7H,8H2,1-2H3,(H,15,16). The first-order valence-electron chi connectivity index (χ1n) is 5.57. The van der Waals surface area contributed by atoms with Crippen LogP contribution < -0.4 is 4.74 Å². The molecule has 0 saturated carbocycles. The van der Waals surface area contributed by atoms with E-state index in [0.717, 1.165) is 11.3 Å². The Kier molecular flexibility index (Phi) is 3.37. The van der Waals surface area contributed by atoms with Gasteiger partial charge >= 0.3 is 5.97 Å². The Balaban J connectivity index is 2.04. The second kappa shape index (κ2) is 4.96. The summed E-state index contributed by atoms with van der Waals surface area (Å²) >= 11 is 0. The first-order valence-corrected chi connectivity index (χ1v) is 5.57. The number of carboxylic acids is 1. The van der Waals surface area contributed by atoms with Gasteiger partial charge < -0.3 is 14.3 Å². The minimum absolute atomic E-state index is 0.134. The van der Waals surface area contributed by atoms with Gasteiger partial charge in [0.25, 0.3) is 0 Å². The molecule has 0 saturated heterocycles. The summed E-state index contributed by atoms with van der Waals surface area (Å²) < 4.78 is 10.7. The lowest BCUT2D eigenvalue weighted by Gasteiger charge is -2.07. The highest BCUT2D eigenvalue weighted by molar-refractivity contribution is 5.87. The van der Waals surface area contributed by atoms with Crippen LogP contribution in [0, 0.1) is 13.8 Å². The Morgan fingerprint density at radius 1 is 1.33 bits per heavy atom. The molecule has 0 radical (unpaired) electrons. The fraction of sp³-hybridized carbons (Fsp3) is 0.214. The van der Waals surface area contributed by atoms with Crippen molar-refractivity contribution >= 4 is 5.97 Å². The summed E-state index contributed by atoms with van der Waals surface area (Å²) in [6.45, 7) is 4.20. The first kappa shape index (κ1) is 12.2. The van der Waals surface area contributed by atoms with Crippen molar-refractivity contribution in [2.75, 3.05) is 0 Å². The van der Waals surface area contributed by atoms with E-state index in [4.69, 9.17) is 14.3 Å². The van der Waals surface area contributed by atoms with Crippen molar-refractivity contribution in [3.63, 3.8) is 0 Å². The van der Waals surface area contributed by atoms with Crippen LogP contribution in [0.4, 0.5) is 0 Å².